The summed E-state index contributed by atoms with van der Waals surface area (Å²) in [6.45, 7) is 7.99. The summed E-state index contributed by atoms with van der Waals surface area (Å²) in [6, 6.07) is 5.94. The van der Waals surface area contributed by atoms with E-state index in [9.17, 15) is 4.79 Å². The number of carbonyl (C=O) groups is 1. The van der Waals surface area contributed by atoms with E-state index in [0.717, 1.165) is 21.4 Å². The summed E-state index contributed by atoms with van der Waals surface area (Å²) in [5, 5.41) is 0. The van der Waals surface area contributed by atoms with Gasteiger partial charge in [0.2, 0.25) is 4.38 Å². The van der Waals surface area contributed by atoms with Gasteiger partial charge in [-0.3, -0.25) is 9.10 Å². The van der Waals surface area contributed by atoms with Crippen LogP contribution in [0.15, 0.2) is 28.4 Å². The maximum atomic E-state index is 13.0. The second kappa shape index (κ2) is 7.81. The maximum absolute atomic E-state index is 13.0. The third-order valence-electron chi connectivity index (χ3n) is 3.71. The lowest BCUT2D eigenvalue weighted by Crippen LogP contribution is -2.39. The Kier molecular flexibility index (Phi) is 6.45. The standard InChI is InChI=1S/C17H20BrNO2S3/c1-6-24-16(22)21-14-13(11-8-7-10(2)9-12(11)18)15(20)19(23-5)17(14,3)4/h7-9H,6H2,1-5H3. The Balaban J connectivity index is 2.62. The molecule has 7 heteroatoms. The van der Waals surface area contributed by atoms with Crippen molar-refractivity contribution in [2.24, 2.45) is 0 Å². The van der Waals surface area contributed by atoms with Gasteiger partial charge in [-0.25, -0.2) is 0 Å². The van der Waals surface area contributed by atoms with Gasteiger partial charge < -0.3 is 4.74 Å². The van der Waals surface area contributed by atoms with Crippen LogP contribution in [0.5, 0.6) is 0 Å². The van der Waals surface area contributed by atoms with E-state index in [1.807, 2.05) is 52.1 Å². The molecule has 3 nitrogen and oxygen atoms in total. The van der Waals surface area contributed by atoms with Crippen LogP contribution in [0.3, 0.4) is 0 Å². The number of halogens is 1. The van der Waals surface area contributed by atoms with Gasteiger partial charge in [0.25, 0.3) is 5.91 Å². The molecule has 0 spiro atoms. The van der Waals surface area contributed by atoms with Gasteiger partial charge in [0.15, 0.2) is 0 Å². The topological polar surface area (TPSA) is 29.5 Å². The van der Waals surface area contributed by atoms with Crippen LogP contribution < -0.4 is 0 Å². The lowest BCUT2D eigenvalue weighted by molar-refractivity contribution is -0.121. The van der Waals surface area contributed by atoms with Gasteiger partial charge in [0.05, 0.1) is 5.57 Å². The van der Waals surface area contributed by atoms with Crippen LogP contribution in [0, 0.1) is 6.92 Å². The van der Waals surface area contributed by atoms with E-state index in [4.69, 9.17) is 17.0 Å². The molecule has 1 aliphatic heterocycles. The fourth-order valence-electron chi connectivity index (χ4n) is 2.63. The van der Waals surface area contributed by atoms with E-state index in [-0.39, 0.29) is 5.91 Å². The number of rotatable bonds is 4. The van der Waals surface area contributed by atoms with Crippen molar-refractivity contribution < 1.29 is 9.53 Å². The molecular weight excluding hydrogens is 426 g/mol. The molecule has 24 heavy (non-hydrogen) atoms. The van der Waals surface area contributed by atoms with Gasteiger partial charge in [-0.05, 0) is 62.3 Å². The van der Waals surface area contributed by atoms with Crippen LogP contribution in [0.1, 0.15) is 31.9 Å². The summed E-state index contributed by atoms with van der Waals surface area (Å²) in [5.41, 5.74) is 1.95. The zero-order valence-corrected chi connectivity index (χ0v) is 18.3. The molecule has 0 saturated carbocycles. The molecule has 1 aliphatic rings. The number of benzene rings is 1. The summed E-state index contributed by atoms with van der Waals surface area (Å²) in [7, 11) is 0. The second-order valence-electron chi connectivity index (χ2n) is 5.81. The molecular formula is C17H20BrNO2S3. The molecule has 0 N–H and O–H groups in total. The van der Waals surface area contributed by atoms with Gasteiger partial charge >= 0.3 is 0 Å². The van der Waals surface area contributed by atoms with Crippen molar-refractivity contribution in [1.29, 1.82) is 0 Å². The molecule has 1 heterocycles. The molecule has 1 aromatic rings. The molecule has 0 aliphatic carbocycles. The molecule has 1 amide bonds. The number of hydrogen-bond acceptors (Lipinski definition) is 5. The first-order valence-electron chi connectivity index (χ1n) is 7.48. The average molecular weight is 446 g/mol. The summed E-state index contributed by atoms with van der Waals surface area (Å²) in [5.74, 6) is 1.38. The predicted octanol–water partition coefficient (Wildman–Crippen LogP) is 5.42. The van der Waals surface area contributed by atoms with E-state index >= 15 is 0 Å². The normalized spacial score (nSPS) is 16.8. The van der Waals surface area contributed by atoms with Crippen molar-refractivity contribution in [3.05, 3.63) is 39.6 Å². The minimum Gasteiger partial charge on any atom is -0.441 e. The second-order valence-corrected chi connectivity index (χ2v) is 9.26. The van der Waals surface area contributed by atoms with Crippen molar-refractivity contribution in [3.8, 4) is 0 Å². The number of amides is 1. The number of carbonyl (C=O) groups excluding carboxylic acids is 1. The summed E-state index contributed by atoms with van der Waals surface area (Å²) < 4.78 is 9.05. The van der Waals surface area contributed by atoms with Crippen LogP contribution in [-0.2, 0) is 9.53 Å². The first kappa shape index (κ1) is 19.8. The molecule has 0 radical (unpaired) electrons. The summed E-state index contributed by atoms with van der Waals surface area (Å²) in [6.07, 6.45) is 1.89. The van der Waals surface area contributed by atoms with E-state index in [2.05, 4.69) is 15.9 Å². The van der Waals surface area contributed by atoms with E-state index in [1.165, 1.54) is 23.7 Å². The van der Waals surface area contributed by atoms with Gasteiger partial charge in [-0.2, -0.15) is 0 Å². The largest absolute Gasteiger partial charge is 0.441 e. The minimum absolute atomic E-state index is 0.0589. The molecule has 0 saturated heterocycles. The zero-order chi connectivity index (χ0) is 18.1. The van der Waals surface area contributed by atoms with Gasteiger partial charge in [0.1, 0.15) is 11.3 Å². The fraction of sp³-hybridized carbons (Fsp3) is 0.412. The predicted molar refractivity (Wildman–Crippen MR) is 112 cm³/mol. The lowest BCUT2D eigenvalue weighted by Gasteiger charge is -2.31. The summed E-state index contributed by atoms with van der Waals surface area (Å²) in [4.78, 5) is 13.0. The number of aryl methyl sites for hydroxylation is 1. The molecule has 130 valence electrons. The van der Waals surface area contributed by atoms with Crippen molar-refractivity contribution in [1.82, 2.24) is 4.31 Å². The van der Waals surface area contributed by atoms with Crippen LogP contribution in [0.4, 0.5) is 0 Å². The zero-order valence-electron chi connectivity index (χ0n) is 14.3. The highest BCUT2D eigenvalue weighted by Crippen LogP contribution is 2.45. The number of hydrogen-bond donors (Lipinski definition) is 0. The molecule has 0 aromatic heterocycles. The Morgan fingerprint density at radius 3 is 2.62 bits per heavy atom. The van der Waals surface area contributed by atoms with Crippen molar-refractivity contribution in [2.45, 2.75) is 33.2 Å². The minimum atomic E-state index is -0.575. The summed E-state index contributed by atoms with van der Waals surface area (Å²) >= 11 is 11.8. The third kappa shape index (κ3) is 3.69. The number of thiocarbonyl (C=S) groups is 1. The Bertz CT molecular complexity index is 716. The van der Waals surface area contributed by atoms with Crippen LogP contribution in [0.2, 0.25) is 0 Å². The molecule has 0 unspecified atom stereocenters. The van der Waals surface area contributed by atoms with Gasteiger partial charge in [-0.1, -0.05) is 46.7 Å². The Morgan fingerprint density at radius 2 is 2.08 bits per heavy atom. The first-order chi connectivity index (χ1) is 11.2. The highest BCUT2D eigenvalue weighted by molar-refractivity contribution is 9.10. The maximum Gasteiger partial charge on any atom is 0.268 e. The smallest absolute Gasteiger partial charge is 0.268 e. The average Bonchev–Trinajstić information content (AvgIpc) is 2.66. The number of nitrogens with zero attached hydrogens (tertiary/aromatic N) is 1. The molecule has 1 aromatic carbocycles. The van der Waals surface area contributed by atoms with E-state index < -0.39 is 5.54 Å². The third-order valence-corrected chi connectivity index (χ3v) is 6.40. The van der Waals surface area contributed by atoms with E-state index in [0.29, 0.717) is 15.7 Å². The molecule has 2 rings (SSSR count). The van der Waals surface area contributed by atoms with Gasteiger partial charge in [-0.15, -0.1) is 0 Å². The van der Waals surface area contributed by atoms with Crippen molar-refractivity contribution in [3.63, 3.8) is 0 Å². The van der Waals surface area contributed by atoms with Crippen LogP contribution >= 0.6 is 51.9 Å². The van der Waals surface area contributed by atoms with E-state index in [1.54, 1.807) is 4.31 Å². The quantitative estimate of drug-likeness (QED) is 0.455. The van der Waals surface area contributed by atoms with Crippen molar-refractivity contribution in [2.75, 3.05) is 12.0 Å². The highest BCUT2D eigenvalue weighted by Gasteiger charge is 2.48. The van der Waals surface area contributed by atoms with Crippen molar-refractivity contribution >= 4 is 67.7 Å². The number of ether oxygens (including phenoxy) is 1. The van der Waals surface area contributed by atoms with Crippen LogP contribution in [-0.4, -0.2) is 32.1 Å². The Morgan fingerprint density at radius 1 is 1.42 bits per heavy atom. The molecule has 0 bridgehead atoms. The SMILES string of the molecule is CCSC(=S)OC1=C(c2ccc(C)cc2Br)C(=O)N(SC)C1(C)C. The first-order valence-corrected chi connectivity index (χ1v) is 10.8. The fourth-order valence-corrected chi connectivity index (χ4v) is 4.93. The van der Waals surface area contributed by atoms with Crippen LogP contribution in [0.25, 0.3) is 5.57 Å². The Hall–Kier alpha value is -0.500. The lowest BCUT2D eigenvalue weighted by atomic mass is 9.98. The molecule has 0 atom stereocenters. The number of thioether (sulfide) groups is 1. The van der Waals surface area contributed by atoms with Gasteiger partial charge in [0, 0.05) is 16.3 Å². The molecule has 0 fully saturated rings. The monoisotopic (exact) mass is 445 g/mol. The highest BCUT2D eigenvalue weighted by atomic mass is 79.9. The Labute approximate surface area is 165 Å².